The van der Waals surface area contributed by atoms with E-state index in [0.29, 0.717) is 0 Å². The first kappa shape index (κ1) is 47.3. The van der Waals surface area contributed by atoms with Gasteiger partial charge in [-0.3, -0.25) is 38.7 Å². The van der Waals surface area contributed by atoms with Crippen molar-refractivity contribution >= 4 is 71.6 Å². The predicted molar refractivity (Wildman–Crippen MR) is 181 cm³/mol. The Balaban J connectivity index is 1.96. The lowest BCUT2D eigenvalue weighted by Crippen LogP contribution is -2.90. The number of carbonyl (C=O) groups excluding carboxylic acids is 12. The van der Waals surface area contributed by atoms with Crippen molar-refractivity contribution in [3.8, 4) is 0 Å². The fourth-order valence-corrected chi connectivity index (χ4v) is 5.79. The highest BCUT2D eigenvalue weighted by molar-refractivity contribution is 5.98. The van der Waals surface area contributed by atoms with Crippen LogP contribution >= 0.6 is 0 Å². The van der Waals surface area contributed by atoms with Crippen LogP contribution in [0.2, 0.25) is 0 Å². The maximum atomic E-state index is 14.2. The third kappa shape index (κ3) is 7.58. The van der Waals surface area contributed by atoms with E-state index in [-0.39, 0.29) is 0 Å². The Bertz CT molecular complexity index is 2440. The first-order valence-electron chi connectivity index (χ1n) is 17.6. The maximum Gasteiger partial charge on any atom is 0.493 e. The lowest BCUT2D eigenvalue weighted by molar-refractivity contribution is -0.664. The Kier molecular flexibility index (Phi) is 11.8. The van der Waals surface area contributed by atoms with Crippen LogP contribution in [0.3, 0.4) is 0 Å². The number of esters is 8. The number of rotatable bonds is 1. The summed E-state index contributed by atoms with van der Waals surface area (Å²) in [5.74, 6) is -57.3. The van der Waals surface area contributed by atoms with E-state index in [2.05, 4.69) is 59.0 Å². The number of hydrogen-bond donors (Lipinski definition) is 2. The van der Waals surface area contributed by atoms with Crippen LogP contribution in [-0.2, 0) is 135 Å². The highest BCUT2D eigenvalue weighted by Gasteiger charge is 2.99. The quantitative estimate of drug-likeness (QED) is 0.115. The highest BCUT2D eigenvalue weighted by atomic mass is 17.3. The van der Waals surface area contributed by atoms with Crippen molar-refractivity contribution in [1.29, 1.82) is 0 Å². The van der Waals surface area contributed by atoms with Crippen molar-refractivity contribution in [2.24, 2.45) is 0 Å². The van der Waals surface area contributed by atoms with Gasteiger partial charge in [-0.05, 0) is 0 Å². The first-order chi connectivity index (χ1) is 30.7. The number of cyclic esters (lactones) is 2. The molecular formula is C36H26O30. The van der Waals surface area contributed by atoms with Gasteiger partial charge in [0.05, 0.1) is 38.5 Å². The molecule has 2 bridgehead atoms. The van der Waals surface area contributed by atoms with E-state index in [1.54, 1.807) is 0 Å². The van der Waals surface area contributed by atoms with Crippen molar-refractivity contribution < 1.29 is 145 Å². The smallest absolute Gasteiger partial charge is 0.418 e. The lowest BCUT2D eigenvalue weighted by Gasteiger charge is -2.56. The summed E-state index contributed by atoms with van der Waals surface area (Å²) in [5, 5.41) is 26.2. The van der Waals surface area contributed by atoms with Gasteiger partial charge >= 0.3 is 107 Å². The fourth-order valence-electron chi connectivity index (χ4n) is 5.79. The molecule has 6 aliphatic heterocycles. The molecule has 2 N–H and O–H groups in total. The number of ether oxygens (including phenoxy) is 8. The summed E-state index contributed by atoms with van der Waals surface area (Å²) in [6.45, 7) is 19.3. The summed E-state index contributed by atoms with van der Waals surface area (Å²) in [6, 6.07) is 0. The Morgan fingerprint density at radius 2 is 0.667 bits per heavy atom. The minimum absolute atomic E-state index is 0.993. The zero-order chi connectivity index (χ0) is 48.9. The molecule has 0 aromatic carbocycles. The van der Waals surface area contributed by atoms with Gasteiger partial charge in [-0.15, -0.1) is 14.7 Å². The molecule has 0 saturated carbocycles. The summed E-state index contributed by atoms with van der Waals surface area (Å²) < 4.78 is 41.1. The van der Waals surface area contributed by atoms with Crippen molar-refractivity contribution in [2.45, 2.75) is 73.6 Å². The van der Waals surface area contributed by atoms with Crippen LogP contribution in [0.15, 0.2) is 72.9 Å². The molecule has 2 spiro atoms. The van der Waals surface area contributed by atoms with Crippen LogP contribution in [0.1, 0.15) is 38.5 Å². The van der Waals surface area contributed by atoms with Gasteiger partial charge in [-0.1, -0.05) is 44.4 Å². The van der Waals surface area contributed by atoms with Crippen molar-refractivity contribution in [1.82, 2.24) is 0 Å². The molecule has 0 aromatic heterocycles. The molecule has 0 aromatic rings. The van der Waals surface area contributed by atoms with Crippen LogP contribution in [0, 0.1) is 0 Å². The molecule has 6 rings (SSSR count). The topological polar surface area (TPSA) is 393 Å². The second-order valence-corrected chi connectivity index (χ2v) is 13.8. The van der Waals surface area contributed by atoms with Crippen molar-refractivity contribution in [3.05, 3.63) is 72.9 Å². The largest absolute Gasteiger partial charge is 0.493 e. The predicted octanol–water partition coefficient (Wildman–Crippen LogP) is -2.93. The van der Waals surface area contributed by atoms with Gasteiger partial charge < -0.3 is 48.1 Å². The third-order valence-corrected chi connectivity index (χ3v) is 8.94. The van der Waals surface area contributed by atoms with E-state index in [9.17, 15) is 67.7 Å². The summed E-state index contributed by atoms with van der Waals surface area (Å²) in [7, 11) is 0. The molecule has 6 fully saturated rings. The second-order valence-electron chi connectivity index (χ2n) is 13.8. The Hall–Kier alpha value is -8.16. The molecule has 30 nitrogen and oxygen atoms in total. The molecule has 0 aliphatic carbocycles. The minimum atomic E-state index is -5.70. The summed E-state index contributed by atoms with van der Waals surface area (Å²) in [5.41, 5.74) is -6.82. The summed E-state index contributed by atoms with van der Waals surface area (Å²) in [4.78, 5) is 203. The van der Waals surface area contributed by atoms with Crippen LogP contribution < -0.4 is 0 Å². The number of hydrogen-bond acceptors (Lipinski definition) is 30. The highest BCUT2D eigenvalue weighted by Crippen LogP contribution is 2.60. The van der Waals surface area contributed by atoms with Crippen LogP contribution in [0.5, 0.6) is 0 Å². The summed E-state index contributed by atoms with van der Waals surface area (Å²) >= 11 is 0. The van der Waals surface area contributed by atoms with Crippen molar-refractivity contribution in [3.63, 3.8) is 0 Å². The van der Waals surface area contributed by atoms with E-state index in [1.807, 2.05) is 0 Å². The van der Waals surface area contributed by atoms with Gasteiger partial charge in [0.25, 0.3) is 0 Å². The van der Waals surface area contributed by atoms with E-state index >= 15 is 0 Å². The molecule has 350 valence electrons. The average Bonchev–Trinajstić information content (AvgIpc) is 3.39. The fraction of sp³-hybridized carbons (Fsp3) is 0.333. The molecular weight excluding hydrogens is 912 g/mol. The molecule has 66 heavy (non-hydrogen) atoms. The molecule has 30 heteroatoms. The molecule has 6 saturated heterocycles. The number of carbonyl (C=O) groups is 12. The van der Waals surface area contributed by atoms with Gasteiger partial charge in [0.15, 0.2) is 0 Å². The van der Waals surface area contributed by atoms with Gasteiger partial charge in [0, 0.05) is 33.4 Å². The second kappa shape index (κ2) is 16.4. The molecule has 6 atom stereocenters. The van der Waals surface area contributed by atoms with Gasteiger partial charge in [0.2, 0.25) is 0 Å². The molecule has 0 radical (unpaired) electrons. The minimum Gasteiger partial charge on any atom is -0.418 e. The Labute approximate surface area is 362 Å². The zero-order valence-corrected chi connectivity index (χ0v) is 32.8. The van der Waals surface area contributed by atoms with E-state index in [0.717, 1.165) is 0 Å². The van der Waals surface area contributed by atoms with E-state index < -0.39 is 179 Å². The normalized spacial score (nSPS) is 34.5. The molecule has 2 unspecified atom stereocenters. The summed E-state index contributed by atoms with van der Waals surface area (Å²) in [6.07, 6.45) is -8.89. The Morgan fingerprint density at radius 1 is 0.318 bits per heavy atom. The van der Waals surface area contributed by atoms with Crippen LogP contribution in [-0.4, -0.2) is 117 Å². The standard InChI is InChI=1S/C36H26O30/c1-13-7-19(37)51-31(49)32-34(52-20(38)8-14(2)25(43)55-32,35(50)53-21(39)9-15(3)27(45)57-35)65-59-23(41)11-17(5)30(48)62-64-33(31,56-26(13)44)36(54-22(40)10-16(4)28(46)58-36)66-60-24(42)12-18(6)29(47)61-63-32/h49-50H,1-12H2/t31-,32-,33-,34+,35?,36?/m1/s1. The van der Waals surface area contributed by atoms with Crippen LogP contribution in [0.4, 0.5) is 0 Å². The number of aliphatic hydroxyl groups is 2. The van der Waals surface area contributed by atoms with Gasteiger partial charge in [0.1, 0.15) is 0 Å². The van der Waals surface area contributed by atoms with E-state index in [1.165, 1.54) is 0 Å². The third-order valence-electron chi connectivity index (χ3n) is 8.94. The van der Waals surface area contributed by atoms with Gasteiger partial charge in [-0.25, -0.2) is 38.4 Å². The Morgan fingerprint density at radius 3 is 1.18 bits per heavy atom. The van der Waals surface area contributed by atoms with Gasteiger partial charge in [-0.2, -0.15) is 0 Å². The SMILES string of the molecule is C=C1CC(=O)OO[C@@]2(C3(O)OC(=O)CC(=C)C(=O)O3)OC(=O)CC(=C)C(=O)O[C@]23OOC(=O)C(=C)CC(=O)OOC2(OC(=O)CC(=C)C(=O)O2)[C@@]2(OOC1=O)OC(=O)C(=C)CC(=O)O[C@@]23O. The lowest BCUT2D eigenvalue weighted by atomic mass is 9.84. The van der Waals surface area contributed by atoms with Crippen LogP contribution in [0.25, 0.3) is 0 Å². The molecule has 6 aliphatic rings. The monoisotopic (exact) mass is 938 g/mol. The zero-order valence-electron chi connectivity index (χ0n) is 32.8. The van der Waals surface area contributed by atoms with E-state index in [4.69, 9.17) is 57.4 Å². The molecule has 6 heterocycles. The first-order valence-corrected chi connectivity index (χ1v) is 17.6. The average molecular weight is 939 g/mol. The molecule has 0 amide bonds. The maximum absolute atomic E-state index is 14.2. The van der Waals surface area contributed by atoms with Crippen molar-refractivity contribution in [2.75, 3.05) is 0 Å².